The Kier molecular flexibility index (Phi) is 17.9. The predicted molar refractivity (Wildman–Crippen MR) is 411 cm³/mol. The Balaban J connectivity index is 0.000000118. The summed E-state index contributed by atoms with van der Waals surface area (Å²) in [7, 11) is 12.7. The lowest BCUT2D eigenvalue weighted by atomic mass is 9.29. The number of aromatic nitrogens is 8. The zero-order valence-corrected chi connectivity index (χ0v) is 61.8. The van der Waals surface area contributed by atoms with Gasteiger partial charge in [-0.1, -0.05) is 142 Å². The van der Waals surface area contributed by atoms with Crippen LogP contribution in [0.1, 0.15) is 156 Å². The van der Waals surface area contributed by atoms with Gasteiger partial charge in [0.05, 0.1) is 0 Å². The maximum atomic E-state index is 7.52. The van der Waals surface area contributed by atoms with Crippen molar-refractivity contribution in [3.05, 3.63) is 240 Å². The summed E-state index contributed by atoms with van der Waals surface area (Å²) in [5.41, 5.74) is 20.0. The highest BCUT2D eigenvalue weighted by molar-refractivity contribution is 6.65. The summed E-state index contributed by atoms with van der Waals surface area (Å²) < 4.78 is 53.8. The number of benzene rings is 4. The highest BCUT2D eigenvalue weighted by Gasteiger charge is 2.54. The average molecular weight is 1340 g/mol. The lowest BCUT2D eigenvalue weighted by Crippen LogP contribution is -2.70. The molecule has 9 heterocycles. The molecule has 3 aliphatic heterocycles. The number of nitrogens with zero attached hydrogens (tertiary/aromatic N) is 12. The second-order valence-corrected chi connectivity index (χ2v) is 30.3. The fourth-order valence-electron chi connectivity index (χ4n) is 15.8. The Morgan fingerprint density at radius 3 is 1.12 bits per heavy atom. The van der Waals surface area contributed by atoms with Gasteiger partial charge in [0, 0.05) is 129 Å². The normalized spacial score (nSPS) is 24.9. The summed E-state index contributed by atoms with van der Waals surface area (Å²) in [6, 6.07) is 47.3. The maximum absolute atomic E-state index is 7.52. The van der Waals surface area contributed by atoms with E-state index in [9.17, 15) is 0 Å². The molecule has 12 nitrogen and oxygen atoms in total. The van der Waals surface area contributed by atoms with Gasteiger partial charge in [0.15, 0.2) is 77.5 Å². The Labute approximate surface area is 606 Å². The molecule has 100 heavy (non-hydrogen) atoms. The first-order chi connectivity index (χ1) is 50.4. The third kappa shape index (κ3) is 14.6. The minimum atomic E-state index is -2.05. The number of hydrogen-bond acceptors (Lipinski definition) is 8. The van der Waals surface area contributed by atoms with Gasteiger partial charge in [-0.05, 0) is 162 Å². The van der Waals surface area contributed by atoms with Crippen LogP contribution in [0.2, 0.25) is 6.82 Å². The van der Waals surface area contributed by atoms with Crippen LogP contribution in [-0.4, -0.2) is 65.0 Å². The van der Waals surface area contributed by atoms with Crippen LogP contribution >= 0.6 is 0 Å². The fourth-order valence-corrected chi connectivity index (χ4v) is 15.8. The third-order valence-corrected chi connectivity index (χ3v) is 23.1. The Hall–Kier alpha value is -9.10. The number of fused-ring (bicyclic) bond motifs is 2. The van der Waals surface area contributed by atoms with Gasteiger partial charge in [-0.25, -0.2) is 38.2 Å². The number of pyridine rings is 4. The third-order valence-electron chi connectivity index (χ3n) is 23.1. The molecular formula is C87H107BN12+4. The summed E-state index contributed by atoms with van der Waals surface area (Å²) >= 11 is 0. The molecule has 4 aliphatic carbocycles. The first-order valence-corrected chi connectivity index (χ1v) is 36.4. The molecule has 514 valence electrons. The minimum absolute atomic E-state index is 0.265. The van der Waals surface area contributed by atoms with Gasteiger partial charge in [0.1, 0.15) is 40.5 Å². The molecule has 6 aromatic heterocycles. The predicted octanol–water partition coefficient (Wildman–Crippen LogP) is 16.3. The lowest BCUT2D eigenvalue weighted by Gasteiger charge is -2.52. The SMILES string of the molecule is CB1C(N2c3nccnc3N(C)[C@H]2C)CC1N1c2nccnc2N(C)[C@@H]1C.Cc1cccc(-c2ccc(C3CC3C)[n+](C)c2)c1.Cc1cccc(-c2ccc(C3CC3C)[n+](C)c2)c1C.[2H]C([2H])([2H])c1ccc(-c2ccc(C3CC3C)[n+](C)c2)cc1.[2H]C([2H])([2H])c1cccc(-c2ccc(C3CC3C)[n+](C)c2)c1. The van der Waals surface area contributed by atoms with Crippen molar-refractivity contribution in [1.29, 1.82) is 0 Å². The van der Waals surface area contributed by atoms with Gasteiger partial charge in [-0.2, -0.15) is 0 Å². The van der Waals surface area contributed by atoms with E-state index < -0.39 is 13.7 Å². The smallest absolute Gasteiger partial charge is 0.191 e. The van der Waals surface area contributed by atoms with Crippen molar-refractivity contribution >= 4 is 30.0 Å². The van der Waals surface area contributed by atoms with Gasteiger partial charge in [0.25, 0.3) is 0 Å². The molecule has 5 fully saturated rings. The maximum Gasteiger partial charge on any atom is 0.191 e. The van der Waals surface area contributed by atoms with E-state index in [2.05, 4.69) is 285 Å². The van der Waals surface area contributed by atoms with E-state index in [4.69, 9.17) is 8.22 Å². The van der Waals surface area contributed by atoms with E-state index >= 15 is 0 Å². The van der Waals surface area contributed by atoms with Crippen molar-refractivity contribution in [1.82, 2.24) is 19.9 Å². The molecule has 4 aromatic carbocycles. The zero-order chi connectivity index (χ0) is 75.5. The van der Waals surface area contributed by atoms with Crippen LogP contribution in [0.25, 0.3) is 44.5 Å². The summed E-state index contributed by atoms with van der Waals surface area (Å²) in [6.45, 7) is 19.0. The Bertz CT molecular complexity index is 4770. The molecule has 10 aromatic rings. The van der Waals surface area contributed by atoms with Crippen molar-refractivity contribution in [3.8, 4) is 44.5 Å². The first kappa shape index (κ1) is 62.0. The minimum Gasteiger partial charge on any atom is -0.338 e. The number of hydrogen-bond donors (Lipinski definition) is 0. The van der Waals surface area contributed by atoms with Crippen molar-refractivity contribution < 1.29 is 26.5 Å². The Morgan fingerprint density at radius 2 is 0.740 bits per heavy atom. The monoisotopic (exact) mass is 1340 g/mol. The number of aryl methyl sites for hydroxylation is 8. The van der Waals surface area contributed by atoms with Gasteiger partial charge in [-0.15, -0.1) is 0 Å². The molecule has 0 N–H and O–H groups in total. The molecule has 0 spiro atoms. The van der Waals surface area contributed by atoms with Crippen LogP contribution in [0.5, 0.6) is 0 Å². The van der Waals surface area contributed by atoms with Crippen LogP contribution in [0.15, 0.2) is 189 Å². The van der Waals surface area contributed by atoms with Crippen molar-refractivity contribution in [2.45, 2.75) is 163 Å². The summed E-state index contributed by atoms with van der Waals surface area (Å²) in [6.07, 6.45) is 22.7. The first-order valence-electron chi connectivity index (χ1n) is 39.4. The van der Waals surface area contributed by atoms with E-state index in [1.807, 2.05) is 24.3 Å². The molecule has 0 bridgehead atoms. The molecule has 0 radical (unpaired) electrons. The number of rotatable bonds is 10. The molecule has 10 unspecified atom stereocenters. The average Bonchev–Trinajstić information content (AvgIpc) is 1.52. The Morgan fingerprint density at radius 1 is 0.390 bits per heavy atom. The van der Waals surface area contributed by atoms with Crippen LogP contribution in [0, 0.1) is 58.1 Å². The zero-order valence-electron chi connectivity index (χ0n) is 67.8. The summed E-state index contributed by atoms with van der Waals surface area (Å²) in [5.74, 6) is 11.1. The molecule has 12 atom stereocenters. The van der Waals surface area contributed by atoms with Crippen LogP contribution in [-0.2, 0) is 28.2 Å². The van der Waals surface area contributed by atoms with Crippen LogP contribution in [0.4, 0.5) is 23.3 Å². The van der Waals surface area contributed by atoms with Gasteiger partial charge in [0.2, 0.25) is 0 Å². The van der Waals surface area contributed by atoms with E-state index in [0.29, 0.717) is 41.6 Å². The quantitative estimate of drug-likeness (QED) is 0.0990. The molecule has 7 aliphatic rings. The molecule has 17 rings (SSSR count). The van der Waals surface area contributed by atoms with E-state index in [1.165, 1.54) is 87.4 Å². The van der Waals surface area contributed by atoms with Crippen molar-refractivity contribution in [3.63, 3.8) is 0 Å². The standard InChI is InChI=1S/C18H25BN8.C18H22N.3C17H20N/c1-11-24(4)15-17(22-8-6-20-15)26(11)13-10-14(19(13)3)27-12(2)25(5)16-18(27)23-9-7-21-16;1-12-6-5-7-16(14(12)3)15-8-9-18(19(4)11-15)17-10-13(17)2;1-12-4-6-14(7-5-12)15-8-9-17(18(3)11-15)16-10-13(16)2;2*1-12-5-4-6-14(9-12)15-7-8-17(18(3)11-15)16-10-13(16)2/h6-9,11-14H,10H2,1-5H3;5-9,11,13,17H,10H2,1-4H3;3*4-9,11,13,16H,10H2,1-3H3/q;4*+1/t11-,12+,13?,14?;;;;/i;;2*1D3;. The largest absolute Gasteiger partial charge is 0.338 e. The molecule has 4 saturated carbocycles. The molecule has 1 saturated heterocycles. The summed E-state index contributed by atoms with van der Waals surface area (Å²) in [4.78, 5) is 27.7. The van der Waals surface area contributed by atoms with Crippen LogP contribution in [0.3, 0.4) is 0 Å². The highest BCUT2D eigenvalue weighted by atomic mass is 15.5. The molecule has 13 heteroatoms. The van der Waals surface area contributed by atoms with Crippen molar-refractivity contribution in [2.24, 2.45) is 51.9 Å². The van der Waals surface area contributed by atoms with E-state index in [0.717, 1.165) is 87.5 Å². The molecular weight excluding hydrogens is 1220 g/mol. The second-order valence-electron chi connectivity index (χ2n) is 30.3. The van der Waals surface area contributed by atoms with Gasteiger partial charge < -0.3 is 19.6 Å². The topological polar surface area (TPSA) is 80.0 Å². The molecule has 0 amide bonds. The second kappa shape index (κ2) is 28.9. The van der Waals surface area contributed by atoms with Crippen LogP contribution < -0.4 is 37.9 Å². The fraction of sp³-hybridized carbons (Fsp3) is 0.402. The lowest BCUT2D eigenvalue weighted by molar-refractivity contribution is -0.679. The summed E-state index contributed by atoms with van der Waals surface area (Å²) in [5, 5.41) is 0. The van der Waals surface area contributed by atoms with E-state index in [1.54, 1.807) is 49.1 Å². The number of anilines is 4. The van der Waals surface area contributed by atoms with Gasteiger partial charge >= 0.3 is 0 Å². The van der Waals surface area contributed by atoms with E-state index in [-0.39, 0.29) is 12.3 Å². The highest BCUT2D eigenvalue weighted by Crippen LogP contribution is 2.50. The van der Waals surface area contributed by atoms with Gasteiger partial charge in [-0.3, -0.25) is 0 Å². The van der Waals surface area contributed by atoms with Crippen molar-refractivity contribution in [2.75, 3.05) is 33.7 Å².